The van der Waals surface area contributed by atoms with Crippen molar-refractivity contribution in [1.29, 1.82) is 0 Å². The number of rotatable bonds is 6. The second-order valence-electron chi connectivity index (χ2n) is 3.21. The quantitative estimate of drug-likeness (QED) is 0.779. The number of benzene rings is 1. The van der Waals surface area contributed by atoms with Gasteiger partial charge in [0.2, 0.25) is 0 Å². The fourth-order valence-electron chi connectivity index (χ4n) is 1.26. The zero-order valence-electron chi connectivity index (χ0n) is 8.79. The standard InChI is InChI=1S/C11H16BrNO2/c1-13-8-9-7-10(12)3-4-11(9)15-6-2-5-14/h3-4,7,13-14H,2,5-6,8H2,1H3. The number of aliphatic hydroxyl groups is 1. The minimum Gasteiger partial charge on any atom is -0.493 e. The van der Waals surface area contributed by atoms with Gasteiger partial charge < -0.3 is 15.2 Å². The Balaban J connectivity index is 2.67. The Labute approximate surface area is 98.6 Å². The van der Waals surface area contributed by atoms with Crippen LogP contribution in [0.2, 0.25) is 0 Å². The molecule has 0 radical (unpaired) electrons. The summed E-state index contributed by atoms with van der Waals surface area (Å²) < 4.78 is 6.61. The first-order valence-electron chi connectivity index (χ1n) is 4.94. The predicted molar refractivity (Wildman–Crippen MR) is 64.1 cm³/mol. The lowest BCUT2D eigenvalue weighted by molar-refractivity contribution is 0.232. The van der Waals surface area contributed by atoms with E-state index in [1.54, 1.807) is 0 Å². The van der Waals surface area contributed by atoms with Crippen LogP contribution in [0.3, 0.4) is 0 Å². The summed E-state index contributed by atoms with van der Waals surface area (Å²) in [6.07, 6.45) is 0.662. The predicted octanol–water partition coefficient (Wildman–Crippen LogP) is 1.93. The zero-order chi connectivity index (χ0) is 11.1. The molecule has 1 rings (SSSR count). The van der Waals surface area contributed by atoms with E-state index in [9.17, 15) is 0 Å². The fraction of sp³-hybridized carbons (Fsp3) is 0.455. The van der Waals surface area contributed by atoms with Crippen molar-refractivity contribution < 1.29 is 9.84 Å². The van der Waals surface area contributed by atoms with E-state index < -0.39 is 0 Å². The largest absolute Gasteiger partial charge is 0.493 e. The Hall–Kier alpha value is -0.580. The van der Waals surface area contributed by atoms with Crippen LogP contribution in [-0.2, 0) is 6.54 Å². The summed E-state index contributed by atoms with van der Waals surface area (Å²) in [4.78, 5) is 0. The van der Waals surface area contributed by atoms with Crippen molar-refractivity contribution in [2.75, 3.05) is 20.3 Å². The molecule has 0 aromatic heterocycles. The molecule has 0 saturated carbocycles. The maximum atomic E-state index is 8.66. The Bertz CT molecular complexity index is 305. The number of hydrogen-bond acceptors (Lipinski definition) is 3. The van der Waals surface area contributed by atoms with Gasteiger partial charge in [0, 0.05) is 29.6 Å². The molecule has 1 aromatic rings. The number of halogens is 1. The van der Waals surface area contributed by atoms with Crippen molar-refractivity contribution in [1.82, 2.24) is 5.32 Å². The molecule has 0 aliphatic heterocycles. The van der Waals surface area contributed by atoms with Crippen LogP contribution in [0.1, 0.15) is 12.0 Å². The van der Waals surface area contributed by atoms with Crippen LogP contribution in [0.5, 0.6) is 5.75 Å². The summed E-state index contributed by atoms with van der Waals surface area (Å²) in [6.45, 7) is 1.49. The SMILES string of the molecule is CNCc1cc(Br)ccc1OCCCO. The van der Waals surface area contributed by atoms with E-state index in [0.29, 0.717) is 13.0 Å². The highest BCUT2D eigenvalue weighted by atomic mass is 79.9. The van der Waals surface area contributed by atoms with Crippen LogP contribution >= 0.6 is 15.9 Å². The van der Waals surface area contributed by atoms with E-state index in [4.69, 9.17) is 9.84 Å². The molecule has 0 saturated heterocycles. The van der Waals surface area contributed by atoms with Crippen LogP contribution < -0.4 is 10.1 Å². The highest BCUT2D eigenvalue weighted by Crippen LogP contribution is 2.23. The van der Waals surface area contributed by atoms with Crippen LogP contribution in [0.15, 0.2) is 22.7 Å². The molecule has 0 aliphatic carbocycles. The lowest BCUT2D eigenvalue weighted by Gasteiger charge is -2.11. The van der Waals surface area contributed by atoms with E-state index in [-0.39, 0.29) is 6.61 Å². The summed E-state index contributed by atoms with van der Waals surface area (Å²) in [6, 6.07) is 5.92. The first-order chi connectivity index (χ1) is 7.27. The molecule has 0 amide bonds. The van der Waals surface area contributed by atoms with Gasteiger partial charge in [0.1, 0.15) is 5.75 Å². The third kappa shape index (κ3) is 4.20. The topological polar surface area (TPSA) is 41.5 Å². The van der Waals surface area contributed by atoms with Crippen molar-refractivity contribution in [2.24, 2.45) is 0 Å². The summed E-state index contributed by atoms with van der Waals surface area (Å²) in [5, 5.41) is 11.8. The van der Waals surface area contributed by atoms with E-state index >= 15 is 0 Å². The van der Waals surface area contributed by atoms with E-state index in [0.717, 1.165) is 22.3 Å². The molecular formula is C11H16BrNO2. The molecule has 0 atom stereocenters. The Kier molecular flexibility index (Phi) is 5.68. The van der Waals surface area contributed by atoms with Gasteiger partial charge in [0.25, 0.3) is 0 Å². The van der Waals surface area contributed by atoms with Crippen molar-refractivity contribution in [3.05, 3.63) is 28.2 Å². The molecule has 0 aliphatic rings. The van der Waals surface area contributed by atoms with Crippen molar-refractivity contribution in [3.63, 3.8) is 0 Å². The average molecular weight is 274 g/mol. The summed E-state index contributed by atoms with van der Waals surface area (Å²) in [5.41, 5.74) is 1.12. The molecule has 4 heteroatoms. The highest BCUT2D eigenvalue weighted by Gasteiger charge is 2.03. The number of nitrogens with one attached hydrogen (secondary N) is 1. The van der Waals surface area contributed by atoms with Gasteiger partial charge in [-0.15, -0.1) is 0 Å². The third-order valence-electron chi connectivity index (χ3n) is 1.95. The molecule has 3 nitrogen and oxygen atoms in total. The molecule has 0 unspecified atom stereocenters. The van der Waals surface area contributed by atoms with Crippen molar-refractivity contribution >= 4 is 15.9 Å². The van der Waals surface area contributed by atoms with Crippen LogP contribution in [0, 0.1) is 0 Å². The minimum absolute atomic E-state index is 0.165. The molecule has 0 bridgehead atoms. The molecule has 84 valence electrons. The minimum atomic E-state index is 0.165. The van der Waals surface area contributed by atoms with Crippen molar-refractivity contribution in [3.8, 4) is 5.75 Å². The van der Waals surface area contributed by atoms with E-state index in [1.165, 1.54) is 0 Å². The van der Waals surface area contributed by atoms with Gasteiger partial charge >= 0.3 is 0 Å². The molecule has 2 N–H and O–H groups in total. The lowest BCUT2D eigenvalue weighted by atomic mass is 10.2. The Morgan fingerprint density at radius 3 is 2.93 bits per heavy atom. The second kappa shape index (κ2) is 6.82. The average Bonchev–Trinajstić information content (AvgIpc) is 2.22. The van der Waals surface area contributed by atoms with Crippen LogP contribution in [0.4, 0.5) is 0 Å². The van der Waals surface area contributed by atoms with Crippen molar-refractivity contribution in [2.45, 2.75) is 13.0 Å². The van der Waals surface area contributed by atoms with Gasteiger partial charge in [-0.3, -0.25) is 0 Å². The lowest BCUT2D eigenvalue weighted by Crippen LogP contribution is -2.08. The molecule has 0 spiro atoms. The second-order valence-corrected chi connectivity index (χ2v) is 4.12. The maximum absolute atomic E-state index is 8.66. The summed E-state index contributed by atoms with van der Waals surface area (Å²) in [5.74, 6) is 0.876. The van der Waals surface area contributed by atoms with Gasteiger partial charge in [-0.25, -0.2) is 0 Å². The van der Waals surface area contributed by atoms with Gasteiger partial charge in [0.15, 0.2) is 0 Å². The van der Waals surface area contributed by atoms with Gasteiger partial charge in [0.05, 0.1) is 6.61 Å². The fourth-order valence-corrected chi connectivity index (χ4v) is 1.67. The molecule has 15 heavy (non-hydrogen) atoms. The first kappa shape index (κ1) is 12.5. The highest BCUT2D eigenvalue weighted by molar-refractivity contribution is 9.10. The van der Waals surface area contributed by atoms with E-state index in [1.807, 2.05) is 25.2 Å². The number of aliphatic hydroxyl groups excluding tert-OH is 1. The van der Waals surface area contributed by atoms with Crippen LogP contribution in [-0.4, -0.2) is 25.4 Å². The monoisotopic (exact) mass is 273 g/mol. The zero-order valence-corrected chi connectivity index (χ0v) is 10.4. The molecular weight excluding hydrogens is 258 g/mol. The third-order valence-corrected chi connectivity index (χ3v) is 2.44. The Morgan fingerprint density at radius 2 is 2.27 bits per heavy atom. The Morgan fingerprint density at radius 1 is 1.47 bits per heavy atom. The number of hydrogen-bond donors (Lipinski definition) is 2. The first-order valence-corrected chi connectivity index (χ1v) is 5.74. The van der Waals surface area contributed by atoms with E-state index in [2.05, 4.69) is 21.2 Å². The van der Waals surface area contributed by atoms with Gasteiger partial charge in [-0.05, 0) is 25.2 Å². The van der Waals surface area contributed by atoms with Gasteiger partial charge in [-0.2, -0.15) is 0 Å². The normalized spacial score (nSPS) is 10.3. The number of ether oxygens (including phenoxy) is 1. The molecule has 1 aromatic carbocycles. The summed E-state index contributed by atoms with van der Waals surface area (Å²) >= 11 is 3.42. The van der Waals surface area contributed by atoms with Crippen LogP contribution in [0.25, 0.3) is 0 Å². The molecule has 0 fully saturated rings. The molecule has 0 heterocycles. The maximum Gasteiger partial charge on any atom is 0.123 e. The smallest absolute Gasteiger partial charge is 0.123 e. The van der Waals surface area contributed by atoms with Gasteiger partial charge in [-0.1, -0.05) is 15.9 Å². The summed E-state index contributed by atoms with van der Waals surface area (Å²) in [7, 11) is 1.90.